The summed E-state index contributed by atoms with van der Waals surface area (Å²) in [6.45, 7) is 5.49. The van der Waals surface area contributed by atoms with Gasteiger partial charge in [-0.1, -0.05) is 38.1 Å². The lowest BCUT2D eigenvalue weighted by Crippen LogP contribution is -2.54. The molecule has 4 fully saturated rings. The van der Waals surface area contributed by atoms with Gasteiger partial charge in [-0.05, 0) is 130 Å². The number of carbonyl (C=O) groups is 1. The second-order valence-corrected chi connectivity index (χ2v) is 22.0. The third kappa shape index (κ3) is 9.46. The highest BCUT2D eigenvalue weighted by Crippen LogP contribution is 2.55. The van der Waals surface area contributed by atoms with Crippen LogP contribution in [-0.2, 0) is 10.0 Å². The van der Waals surface area contributed by atoms with Gasteiger partial charge in [0.25, 0.3) is 21.8 Å². The van der Waals surface area contributed by atoms with Crippen LogP contribution < -0.4 is 28.6 Å². The van der Waals surface area contributed by atoms with E-state index in [1.165, 1.54) is 29.7 Å². The van der Waals surface area contributed by atoms with Crippen LogP contribution in [0, 0.1) is 21.4 Å². The molecule has 1 spiro atoms. The standard InChI is InChI=1S/C51H58F2N6O10S/c1-30(2)36-7-4-5-8-37(36)39-9-6-20-58(39)34-27-51(28-34)17-21-57(22-18-51)33-10-11-38(41(24-33)67-43-23-32-14-19-54-46(32)55-48(43)69-49(52)53)47(60)56-70(64,65)35-25-40(59(62)63)45-42(26-35)66-29-44(68-45)31-12-15-50(3,61)16-13-31/h4-5,7-8,10-11,14,19,23-26,30-31,34,39,44,49,61H,6,9,12-13,15-18,20-22,27-29H2,1-3H3,(H,54,55)(H,56,60)/t31?,39-,44-,50?/m0/s1. The zero-order chi connectivity index (χ0) is 49.1. The zero-order valence-electron chi connectivity index (χ0n) is 39.4. The summed E-state index contributed by atoms with van der Waals surface area (Å²) in [5, 5.41) is 23.3. The molecule has 5 aromatic rings. The number of aromatic nitrogens is 2. The van der Waals surface area contributed by atoms with Crippen LogP contribution in [0.4, 0.5) is 20.2 Å². The molecule has 5 heterocycles. The lowest BCUT2D eigenvalue weighted by molar-refractivity contribution is -0.386. The second-order valence-electron chi connectivity index (χ2n) is 20.4. The normalized spacial score (nSPS) is 23.7. The van der Waals surface area contributed by atoms with E-state index in [1.807, 2.05) is 4.72 Å². The van der Waals surface area contributed by atoms with Crippen LogP contribution in [0.5, 0.6) is 28.9 Å². The Morgan fingerprint density at radius 3 is 2.49 bits per heavy atom. The summed E-state index contributed by atoms with van der Waals surface area (Å²) in [7, 11) is -4.83. The van der Waals surface area contributed by atoms with Crippen molar-refractivity contribution in [1.29, 1.82) is 0 Å². The molecule has 2 aromatic heterocycles. The SMILES string of the molecule is CC(C)c1ccccc1[C@@H]1CCCN1C1CC2(CCN(c3ccc(C(=O)NS(=O)(=O)c4cc5c(c([N+](=O)[O-])c4)O[C@H](C4CCC(C)(O)CC4)CO5)c(Oc4cc5cc[nH]c5nc4OC(F)F)c3)CC2)C1. The first-order chi connectivity index (χ1) is 33.4. The number of anilines is 1. The number of nitrogens with one attached hydrogen (secondary N) is 2. The van der Waals surface area contributed by atoms with E-state index < -0.39 is 55.6 Å². The summed E-state index contributed by atoms with van der Waals surface area (Å²) < 4.78 is 80.5. The van der Waals surface area contributed by atoms with Gasteiger partial charge >= 0.3 is 12.3 Å². The second kappa shape index (κ2) is 18.6. The molecule has 3 aromatic carbocycles. The Hall–Kier alpha value is -6.05. The predicted molar refractivity (Wildman–Crippen MR) is 256 cm³/mol. The number of carbonyl (C=O) groups excluding carboxylic acids is 1. The van der Waals surface area contributed by atoms with Crippen molar-refractivity contribution in [2.24, 2.45) is 11.3 Å². The molecule has 0 bridgehead atoms. The monoisotopic (exact) mass is 984 g/mol. The number of H-pyrrole nitrogens is 1. The molecule has 19 heteroatoms. The number of pyridine rings is 1. The van der Waals surface area contributed by atoms with Crippen molar-refractivity contribution in [1.82, 2.24) is 19.6 Å². The fourth-order valence-electron chi connectivity index (χ4n) is 11.5. The largest absolute Gasteiger partial charge is 0.485 e. The van der Waals surface area contributed by atoms with Crippen molar-refractivity contribution in [2.75, 3.05) is 31.1 Å². The Labute approximate surface area is 404 Å². The van der Waals surface area contributed by atoms with Crippen molar-refractivity contribution >= 4 is 38.3 Å². The van der Waals surface area contributed by atoms with Gasteiger partial charge in [-0.25, -0.2) is 13.1 Å². The number of aromatic amines is 1. The minimum Gasteiger partial charge on any atom is -0.485 e. The Bertz CT molecular complexity index is 2900. The molecular formula is C51H58F2N6O10S. The molecule has 2 atom stereocenters. The topological polar surface area (TPSA) is 199 Å². The van der Waals surface area contributed by atoms with E-state index >= 15 is 0 Å². The van der Waals surface area contributed by atoms with Crippen LogP contribution in [0.3, 0.4) is 0 Å². The molecule has 2 saturated heterocycles. The van der Waals surface area contributed by atoms with Crippen molar-refractivity contribution in [2.45, 2.75) is 126 Å². The number of fused-ring (bicyclic) bond motifs is 2. The van der Waals surface area contributed by atoms with Crippen LogP contribution in [0.25, 0.3) is 11.0 Å². The molecule has 2 aliphatic carbocycles. The lowest BCUT2D eigenvalue weighted by atomic mass is 9.59. The van der Waals surface area contributed by atoms with Crippen molar-refractivity contribution in [3.05, 3.63) is 99.7 Å². The van der Waals surface area contributed by atoms with Gasteiger partial charge in [-0.3, -0.25) is 19.8 Å². The number of nitro groups is 1. The zero-order valence-corrected chi connectivity index (χ0v) is 40.2. The first-order valence-corrected chi connectivity index (χ1v) is 25.7. The van der Waals surface area contributed by atoms with E-state index in [-0.39, 0.29) is 52.1 Å². The maximum atomic E-state index is 14.2. The molecule has 3 aliphatic heterocycles. The maximum Gasteiger partial charge on any atom is 0.388 e. The van der Waals surface area contributed by atoms with Gasteiger partial charge < -0.3 is 33.9 Å². The van der Waals surface area contributed by atoms with E-state index in [9.17, 15) is 37.2 Å². The van der Waals surface area contributed by atoms with E-state index in [4.69, 9.17) is 18.9 Å². The molecule has 1 amide bonds. The average Bonchev–Trinajstić information content (AvgIpc) is 4.00. The molecule has 372 valence electrons. The molecule has 5 aliphatic rings. The van der Waals surface area contributed by atoms with E-state index in [0.717, 1.165) is 50.8 Å². The molecule has 10 rings (SSSR count). The van der Waals surface area contributed by atoms with Gasteiger partial charge in [-0.15, -0.1) is 0 Å². The molecular weight excluding hydrogens is 927 g/mol. The smallest absolute Gasteiger partial charge is 0.388 e. The number of piperidine rings is 1. The molecule has 3 N–H and O–H groups in total. The number of benzene rings is 3. The van der Waals surface area contributed by atoms with Crippen molar-refractivity contribution in [3.63, 3.8) is 0 Å². The summed E-state index contributed by atoms with van der Waals surface area (Å²) in [5.41, 5.74) is 2.21. The van der Waals surface area contributed by atoms with Crippen LogP contribution in [-0.4, -0.2) is 89.8 Å². The summed E-state index contributed by atoms with van der Waals surface area (Å²) in [6.07, 6.45) is 9.71. The summed E-state index contributed by atoms with van der Waals surface area (Å²) >= 11 is 0. The minimum atomic E-state index is -4.83. The lowest BCUT2D eigenvalue weighted by Gasteiger charge is -2.56. The third-order valence-corrected chi connectivity index (χ3v) is 16.7. The quantitative estimate of drug-likeness (QED) is 0.0745. The summed E-state index contributed by atoms with van der Waals surface area (Å²) in [4.78, 5) is 37.1. The van der Waals surface area contributed by atoms with Gasteiger partial charge in [0.05, 0.1) is 21.0 Å². The van der Waals surface area contributed by atoms with Crippen LogP contribution in [0.2, 0.25) is 0 Å². The maximum absolute atomic E-state index is 14.2. The molecule has 0 unspecified atom stereocenters. The Morgan fingerprint density at radius 1 is 1.00 bits per heavy atom. The number of amides is 1. The van der Waals surface area contributed by atoms with Crippen LogP contribution in [0.15, 0.2) is 77.8 Å². The number of likely N-dealkylation sites (tertiary alicyclic amines) is 1. The highest BCUT2D eigenvalue weighted by Gasteiger charge is 2.50. The summed E-state index contributed by atoms with van der Waals surface area (Å²) in [5.74, 6) is -2.16. The molecule has 70 heavy (non-hydrogen) atoms. The minimum absolute atomic E-state index is 0.00784. The molecule has 2 saturated carbocycles. The predicted octanol–water partition coefficient (Wildman–Crippen LogP) is 9.77. The average molecular weight is 985 g/mol. The molecule has 0 radical (unpaired) electrons. The molecule has 16 nitrogen and oxygen atoms in total. The van der Waals surface area contributed by atoms with E-state index in [2.05, 4.69) is 57.9 Å². The van der Waals surface area contributed by atoms with Gasteiger partial charge in [-0.2, -0.15) is 13.8 Å². The van der Waals surface area contributed by atoms with Crippen molar-refractivity contribution in [3.8, 4) is 28.9 Å². The summed E-state index contributed by atoms with van der Waals surface area (Å²) in [6, 6.07) is 19.4. The van der Waals surface area contributed by atoms with Crippen LogP contribution >= 0.6 is 0 Å². The van der Waals surface area contributed by atoms with Gasteiger partial charge in [0.15, 0.2) is 11.5 Å². The number of nitrogens with zero attached hydrogens (tertiary/aromatic N) is 4. The Kier molecular flexibility index (Phi) is 12.7. The highest BCUT2D eigenvalue weighted by atomic mass is 32.2. The fourth-order valence-corrected chi connectivity index (χ4v) is 12.5. The fraction of sp³-hybridized carbons (Fsp3) is 0.490. The Morgan fingerprint density at radius 2 is 1.76 bits per heavy atom. The number of hydrogen-bond donors (Lipinski definition) is 3. The number of nitro benzene ring substituents is 1. The first-order valence-electron chi connectivity index (χ1n) is 24.2. The van der Waals surface area contributed by atoms with Crippen molar-refractivity contribution < 1.29 is 51.0 Å². The van der Waals surface area contributed by atoms with Gasteiger partial charge in [0.2, 0.25) is 5.75 Å². The third-order valence-electron chi connectivity index (χ3n) is 15.4. The van der Waals surface area contributed by atoms with E-state index in [1.54, 1.807) is 31.3 Å². The van der Waals surface area contributed by atoms with Gasteiger partial charge in [0.1, 0.15) is 24.1 Å². The number of rotatable bonds is 13. The first kappa shape index (κ1) is 47.6. The highest BCUT2D eigenvalue weighted by molar-refractivity contribution is 7.90. The Balaban J connectivity index is 0.888. The van der Waals surface area contributed by atoms with Crippen LogP contribution in [0.1, 0.15) is 118 Å². The number of sulfonamides is 1. The number of halogens is 2. The number of ether oxygens (including phenoxy) is 4. The number of aliphatic hydroxyl groups is 1. The number of hydrogen-bond acceptors (Lipinski definition) is 13. The van der Waals surface area contributed by atoms with Gasteiger partial charge in [0, 0.05) is 60.6 Å². The van der Waals surface area contributed by atoms with E-state index in [0.29, 0.717) is 67.8 Å². The number of alkyl halides is 2.